The van der Waals surface area contributed by atoms with Crippen molar-refractivity contribution in [2.24, 2.45) is 0 Å². The molecule has 4 aliphatic rings. The third kappa shape index (κ3) is 6.48. The summed E-state index contributed by atoms with van der Waals surface area (Å²) < 4.78 is 1.49. The van der Waals surface area contributed by atoms with E-state index < -0.39 is 0 Å². The molecule has 3 saturated carbocycles. The van der Waals surface area contributed by atoms with Gasteiger partial charge in [-0.25, -0.2) is 0 Å². The fourth-order valence-electron chi connectivity index (χ4n) is 5.56. The molecular formula is C24H41NiP. The summed E-state index contributed by atoms with van der Waals surface area (Å²) in [7, 11) is 0.385. The Hall–Kier alpha value is 0.404. The molecule has 152 valence electrons. The van der Waals surface area contributed by atoms with E-state index in [9.17, 15) is 0 Å². The summed E-state index contributed by atoms with van der Waals surface area (Å²) in [4.78, 5) is 0. The van der Waals surface area contributed by atoms with Crippen LogP contribution in [0.15, 0.2) is 22.8 Å². The van der Waals surface area contributed by atoms with E-state index in [0.717, 1.165) is 6.42 Å². The van der Waals surface area contributed by atoms with Crippen molar-refractivity contribution < 1.29 is 14.4 Å². The Morgan fingerprint density at radius 1 is 0.692 bits per heavy atom. The van der Waals surface area contributed by atoms with Crippen molar-refractivity contribution in [3.05, 3.63) is 22.8 Å². The third-order valence-electron chi connectivity index (χ3n) is 6.90. The van der Waals surface area contributed by atoms with Crippen LogP contribution in [0.5, 0.6) is 0 Å². The predicted molar refractivity (Wildman–Crippen MR) is 115 cm³/mol. The van der Waals surface area contributed by atoms with Crippen molar-refractivity contribution in [3.8, 4) is 0 Å². The topological polar surface area (TPSA) is 0 Å². The van der Waals surface area contributed by atoms with E-state index in [0.29, 0.717) is 7.92 Å². The molecule has 0 radical (unpaired) electrons. The van der Waals surface area contributed by atoms with Crippen molar-refractivity contribution in [2.75, 3.05) is 0 Å². The molecule has 0 saturated heterocycles. The normalized spacial score (nSPS) is 26.0. The molecule has 0 atom stereocenters. The first-order valence-electron chi connectivity index (χ1n) is 11.4. The molecule has 0 aromatic carbocycles. The van der Waals surface area contributed by atoms with Crippen LogP contribution in [-0.4, -0.2) is 17.0 Å². The molecule has 0 nitrogen and oxygen atoms in total. The molecule has 4 rings (SSSR count). The van der Waals surface area contributed by atoms with E-state index >= 15 is 0 Å². The van der Waals surface area contributed by atoms with Crippen LogP contribution in [-0.2, 0) is 14.4 Å². The molecule has 0 aliphatic heterocycles. The molecule has 0 heterocycles. The van der Waals surface area contributed by atoms with Gasteiger partial charge in [0.15, 0.2) is 0 Å². The van der Waals surface area contributed by atoms with Gasteiger partial charge in [-0.3, -0.25) is 0 Å². The Morgan fingerprint density at radius 3 is 1.38 bits per heavy atom. The average Bonchev–Trinajstić information content (AvgIpc) is 3.25. The second-order valence-electron chi connectivity index (χ2n) is 8.69. The van der Waals surface area contributed by atoms with Crippen LogP contribution < -0.4 is 0 Å². The van der Waals surface area contributed by atoms with Gasteiger partial charge in [-0.15, -0.1) is 0 Å². The molecule has 0 N–H and O–H groups in total. The first kappa shape index (κ1) is 21.1. The van der Waals surface area contributed by atoms with E-state index in [1.165, 1.54) is 40.8 Å². The van der Waals surface area contributed by atoms with Gasteiger partial charge in [-0.05, 0) is 55.5 Å². The SMILES string of the molecule is C1CCC(P(C2CCCCC2)C2CCCCC2)CC1.[CH3][Ni][C]1=CC=CC1. The maximum absolute atomic E-state index is 2.18. The molecular weight excluding hydrogens is 378 g/mol. The van der Waals surface area contributed by atoms with Gasteiger partial charge in [0.25, 0.3) is 0 Å². The Kier molecular flexibility index (Phi) is 9.80. The van der Waals surface area contributed by atoms with Gasteiger partial charge >= 0.3 is 49.5 Å². The van der Waals surface area contributed by atoms with Crippen molar-refractivity contribution in [1.29, 1.82) is 0 Å². The number of allylic oxidation sites excluding steroid dienone is 4. The van der Waals surface area contributed by atoms with E-state index in [-0.39, 0.29) is 0 Å². The zero-order chi connectivity index (χ0) is 18.0. The molecule has 2 heteroatoms. The summed E-state index contributed by atoms with van der Waals surface area (Å²) in [5.74, 6) is 2.13. The van der Waals surface area contributed by atoms with Crippen molar-refractivity contribution >= 4 is 7.92 Å². The van der Waals surface area contributed by atoms with Crippen LogP contribution in [0.25, 0.3) is 0 Å². The monoisotopic (exact) mass is 418 g/mol. The molecule has 26 heavy (non-hydrogen) atoms. The average molecular weight is 419 g/mol. The summed E-state index contributed by atoms with van der Waals surface area (Å²) >= 11 is 1.68. The molecule has 0 bridgehead atoms. The summed E-state index contributed by atoms with van der Waals surface area (Å²) in [5, 5.41) is 0. The molecule has 0 unspecified atom stereocenters. The van der Waals surface area contributed by atoms with Crippen LogP contribution in [0, 0.1) is 0 Å². The van der Waals surface area contributed by atoms with E-state index in [2.05, 4.69) is 24.1 Å². The van der Waals surface area contributed by atoms with Gasteiger partial charge in [0, 0.05) is 0 Å². The second-order valence-corrected chi connectivity index (χ2v) is 12.9. The quantitative estimate of drug-likeness (QED) is 0.317. The van der Waals surface area contributed by atoms with Gasteiger partial charge in [-0.2, -0.15) is 0 Å². The van der Waals surface area contributed by atoms with Crippen LogP contribution in [0.4, 0.5) is 0 Å². The second kappa shape index (κ2) is 12.1. The molecule has 0 amide bonds. The molecule has 3 fully saturated rings. The van der Waals surface area contributed by atoms with Crippen molar-refractivity contribution in [3.63, 3.8) is 0 Å². The third-order valence-corrected chi connectivity index (χ3v) is 12.0. The Bertz CT molecular complexity index is 394. The first-order valence-corrected chi connectivity index (χ1v) is 14.4. The Labute approximate surface area is 170 Å². The molecule has 0 aromatic rings. The van der Waals surface area contributed by atoms with Gasteiger partial charge < -0.3 is 0 Å². The fraction of sp³-hybridized carbons (Fsp3) is 0.833. The maximum atomic E-state index is 2.18. The van der Waals surface area contributed by atoms with Gasteiger partial charge in [0.1, 0.15) is 0 Å². The summed E-state index contributed by atoms with van der Waals surface area (Å²) in [6, 6.07) is 0. The molecule has 4 aliphatic carbocycles. The molecule has 0 aromatic heterocycles. The van der Waals surface area contributed by atoms with Gasteiger partial charge in [-0.1, -0.05) is 65.7 Å². The van der Waals surface area contributed by atoms with Crippen molar-refractivity contribution in [2.45, 2.75) is 126 Å². The first-order chi connectivity index (χ1) is 12.9. The zero-order valence-corrected chi connectivity index (χ0v) is 18.9. The Morgan fingerprint density at radius 2 is 1.12 bits per heavy atom. The standard InChI is InChI=1S/C18H33P.C5H5.CH3.Ni/c1-4-10-16(11-5-1)19(17-12-6-2-7-13-17)18-14-8-3-9-15-18;1-2-4-5-3-1;;/h16-18H,1-15H2;1-3H,4H2;1H3;. The summed E-state index contributed by atoms with van der Waals surface area (Å²) in [6.07, 6.45) is 31.2. The van der Waals surface area contributed by atoms with Crippen LogP contribution in [0.1, 0.15) is 103 Å². The fourth-order valence-corrected chi connectivity index (χ4v) is 10.8. The molecule has 0 spiro atoms. The van der Waals surface area contributed by atoms with E-state index in [4.69, 9.17) is 0 Å². The summed E-state index contributed by atoms with van der Waals surface area (Å²) in [6.45, 7) is 0. The number of rotatable bonds is 4. The van der Waals surface area contributed by atoms with Gasteiger partial charge in [0.2, 0.25) is 0 Å². The number of hydrogen-bond acceptors (Lipinski definition) is 0. The van der Waals surface area contributed by atoms with E-state index in [1.807, 2.05) is 0 Å². The van der Waals surface area contributed by atoms with Crippen LogP contribution >= 0.6 is 7.92 Å². The minimum atomic E-state index is 0.385. The van der Waals surface area contributed by atoms with Crippen molar-refractivity contribution in [1.82, 2.24) is 0 Å². The predicted octanol–water partition coefficient (Wildman–Crippen LogP) is 8.43. The van der Waals surface area contributed by atoms with Crippen LogP contribution in [0.2, 0.25) is 5.89 Å². The Balaban J connectivity index is 0.000000236. The summed E-state index contributed by atoms with van der Waals surface area (Å²) in [5.41, 5.74) is 3.57. The van der Waals surface area contributed by atoms with E-state index in [1.54, 1.807) is 91.5 Å². The zero-order valence-electron chi connectivity index (χ0n) is 17.0. The van der Waals surface area contributed by atoms with Crippen LogP contribution in [0.3, 0.4) is 0 Å². The van der Waals surface area contributed by atoms with Gasteiger partial charge in [0.05, 0.1) is 0 Å². The number of hydrogen-bond donors (Lipinski definition) is 0. The minimum absolute atomic E-state index is 0.385.